The number of rotatable bonds is 3. The first-order valence-electron chi connectivity index (χ1n) is 7.65. The van der Waals surface area contributed by atoms with Crippen molar-refractivity contribution in [2.45, 2.75) is 31.2 Å². The van der Waals surface area contributed by atoms with E-state index in [1.54, 1.807) is 36.1 Å². The second kappa shape index (κ2) is 5.78. The Hall–Kier alpha value is -2.52. The number of hydrogen-bond acceptors (Lipinski definition) is 6. The zero-order valence-electron chi connectivity index (χ0n) is 14.5. The number of hydrogen-bond donors (Lipinski definition) is 1. The lowest BCUT2D eigenvalue weighted by atomic mass is 10.1. The molecule has 3 aromatic rings. The highest BCUT2D eigenvalue weighted by molar-refractivity contribution is 7.89. The summed E-state index contributed by atoms with van der Waals surface area (Å²) in [6, 6.07) is 5.19. The quantitative estimate of drug-likeness (QED) is 0.763. The van der Waals surface area contributed by atoms with Crippen LogP contribution in [0.1, 0.15) is 20.8 Å². The summed E-state index contributed by atoms with van der Waals surface area (Å²) < 4.78 is 28.5. The van der Waals surface area contributed by atoms with Crippen molar-refractivity contribution in [2.75, 3.05) is 12.8 Å². The molecule has 0 fully saturated rings. The van der Waals surface area contributed by atoms with Crippen molar-refractivity contribution in [3.05, 3.63) is 36.8 Å². The van der Waals surface area contributed by atoms with Gasteiger partial charge in [0, 0.05) is 42.3 Å². The summed E-state index contributed by atoms with van der Waals surface area (Å²) in [4.78, 5) is 8.31. The fourth-order valence-electron chi connectivity index (χ4n) is 2.31. The normalized spacial score (nSPS) is 12.8. The predicted molar refractivity (Wildman–Crippen MR) is 95.3 cm³/mol. The van der Waals surface area contributed by atoms with E-state index in [-0.39, 0.29) is 10.8 Å². The van der Waals surface area contributed by atoms with Gasteiger partial charge in [-0.15, -0.1) is 5.10 Å². The fourth-order valence-corrected chi connectivity index (χ4v) is 3.81. The summed E-state index contributed by atoms with van der Waals surface area (Å²) in [5.41, 5.74) is 7.11. The van der Waals surface area contributed by atoms with Crippen molar-refractivity contribution in [2.24, 2.45) is 0 Å². The summed E-state index contributed by atoms with van der Waals surface area (Å²) >= 11 is 0. The topological polar surface area (TPSA) is 106 Å². The molecule has 0 aliphatic heterocycles. The second-order valence-corrected chi connectivity index (χ2v) is 8.71. The maximum atomic E-state index is 12.8. The zero-order chi connectivity index (χ0) is 18.4. The number of sulfonamides is 1. The number of nitrogens with two attached hydrogens (primary N) is 1. The Balaban J connectivity index is 2.06. The van der Waals surface area contributed by atoms with Crippen LogP contribution in [0.3, 0.4) is 0 Å². The number of pyridine rings is 2. The maximum Gasteiger partial charge on any atom is 0.244 e. The molecule has 0 saturated heterocycles. The van der Waals surface area contributed by atoms with Gasteiger partial charge in [-0.25, -0.2) is 12.9 Å². The highest BCUT2D eigenvalue weighted by Crippen LogP contribution is 2.26. The van der Waals surface area contributed by atoms with Crippen LogP contribution in [-0.4, -0.2) is 44.9 Å². The van der Waals surface area contributed by atoms with Crippen LogP contribution in [0.5, 0.6) is 0 Å². The van der Waals surface area contributed by atoms with Crippen molar-refractivity contribution in [3.8, 4) is 11.1 Å². The van der Waals surface area contributed by atoms with E-state index < -0.39 is 15.6 Å². The second-order valence-electron chi connectivity index (χ2n) is 6.74. The van der Waals surface area contributed by atoms with Crippen LogP contribution < -0.4 is 5.73 Å². The van der Waals surface area contributed by atoms with E-state index in [9.17, 15) is 8.42 Å². The van der Waals surface area contributed by atoms with Crippen LogP contribution in [-0.2, 0) is 10.0 Å². The molecule has 3 rings (SSSR count). The van der Waals surface area contributed by atoms with E-state index in [0.29, 0.717) is 11.2 Å². The molecular weight excluding hydrogens is 340 g/mol. The summed E-state index contributed by atoms with van der Waals surface area (Å²) in [6.45, 7) is 5.51. The third-order valence-electron chi connectivity index (χ3n) is 4.00. The van der Waals surface area contributed by atoms with Crippen molar-refractivity contribution in [3.63, 3.8) is 0 Å². The van der Waals surface area contributed by atoms with Crippen LogP contribution in [0.4, 0.5) is 5.95 Å². The third kappa shape index (κ3) is 3.20. The molecule has 3 heterocycles. The molecule has 0 saturated carbocycles. The molecule has 3 aromatic heterocycles. The van der Waals surface area contributed by atoms with Gasteiger partial charge in [-0.05, 0) is 39.0 Å². The average Bonchev–Trinajstić information content (AvgIpc) is 2.92. The maximum absolute atomic E-state index is 12.8. The van der Waals surface area contributed by atoms with E-state index in [1.165, 1.54) is 10.5 Å². The van der Waals surface area contributed by atoms with Gasteiger partial charge in [0.25, 0.3) is 0 Å². The molecule has 0 atom stereocenters. The summed E-state index contributed by atoms with van der Waals surface area (Å²) in [5.74, 6) is 0.179. The Labute approximate surface area is 146 Å². The SMILES string of the molecule is CN(C(C)(C)C)S(=O)(=O)c1cncc(-c2ccc3nc(N)nn3c2)c1. The van der Waals surface area contributed by atoms with E-state index >= 15 is 0 Å². The highest BCUT2D eigenvalue weighted by Gasteiger charge is 2.30. The van der Waals surface area contributed by atoms with Crippen molar-refractivity contribution in [1.82, 2.24) is 23.9 Å². The molecule has 132 valence electrons. The molecule has 2 N–H and O–H groups in total. The van der Waals surface area contributed by atoms with Crippen molar-refractivity contribution in [1.29, 1.82) is 0 Å². The van der Waals surface area contributed by atoms with Crippen molar-refractivity contribution >= 4 is 21.6 Å². The van der Waals surface area contributed by atoms with E-state index in [4.69, 9.17) is 5.73 Å². The number of nitrogens with zero attached hydrogens (tertiary/aromatic N) is 5. The van der Waals surface area contributed by atoms with Gasteiger partial charge in [0.1, 0.15) is 4.90 Å². The molecule has 0 unspecified atom stereocenters. The van der Waals surface area contributed by atoms with E-state index in [2.05, 4.69) is 15.1 Å². The number of aromatic nitrogens is 4. The van der Waals surface area contributed by atoms with Crippen LogP contribution in [0.15, 0.2) is 41.7 Å². The third-order valence-corrected chi connectivity index (χ3v) is 6.08. The van der Waals surface area contributed by atoms with Gasteiger partial charge in [0.05, 0.1) is 0 Å². The number of anilines is 1. The minimum atomic E-state index is -3.65. The first kappa shape index (κ1) is 17.3. The van der Waals surface area contributed by atoms with Gasteiger partial charge in [0.2, 0.25) is 16.0 Å². The molecule has 9 heteroatoms. The Kier molecular flexibility index (Phi) is 4.00. The van der Waals surface area contributed by atoms with Crippen LogP contribution >= 0.6 is 0 Å². The largest absolute Gasteiger partial charge is 0.366 e. The lowest BCUT2D eigenvalue weighted by molar-refractivity contribution is 0.291. The minimum absolute atomic E-state index is 0.139. The average molecular weight is 360 g/mol. The van der Waals surface area contributed by atoms with Crippen LogP contribution in [0.2, 0.25) is 0 Å². The number of fused-ring (bicyclic) bond motifs is 1. The molecule has 0 spiro atoms. The standard InChI is InChI=1S/C16H20N6O2S/c1-16(2,3)21(4)25(23,24)13-7-12(8-18-9-13)11-5-6-14-19-15(17)20-22(14)10-11/h5-10H,1-4H3,(H2,17,20). The zero-order valence-corrected chi connectivity index (χ0v) is 15.3. The highest BCUT2D eigenvalue weighted by atomic mass is 32.2. The Morgan fingerprint density at radius 2 is 1.88 bits per heavy atom. The van der Waals surface area contributed by atoms with Crippen LogP contribution in [0.25, 0.3) is 16.8 Å². The molecular formula is C16H20N6O2S. The molecule has 0 amide bonds. The fraction of sp³-hybridized carbons (Fsp3) is 0.312. The lowest BCUT2D eigenvalue weighted by Gasteiger charge is -2.30. The monoisotopic (exact) mass is 360 g/mol. The molecule has 0 aliphatic carbocycles. The Bertz CT molecular complexity index is 1040. The summed E-state index contributed by atoms with van der Waals surface area (Å²) in [7, 11) is -2.09. The van der Waals surface area contributed by atoms with Gasteiger partial charge in [0.15, 0.2) is 5.65 Å². The lowest BCUT2D eigenvalue weighted by Crippen LogP contribution is -2.42. The molecule has 25 heavy (non-hydrogen) atoms. The summed E-state index contributed by atoms with van der Waals surface area (Å²) in [6.07, 6.45) is 4.70. The van der Waals surface area contributed by atoms with E-state index in [1.807, 2.05) is 26.8 Å². The van der Waals surface area contributed by atoms with Crippen molar-refractivity contribution < 1.29 is 8.42 Å². The smallest absolute Gasteiger partial charge is 0.244 e. The van der Waals surface area contributed by atoms with Crippen LogP contribution in [0, 0.1) is 0 Å². The van der Waals surface area contributed by atoms with Gasteiger partial charge < -0.3 is 5.73 Å². The first-order valence-corrected chi connectivity index (χ1v) is 9.09. The van der Waals surface area contributed by atoms with Gasteiger partial charge >= 0.3 is 0 Å². The van der Waals surface area contributed by atoms with Gasteiger partial charge in [-0.1, -0.05) is 0 Å². The molecule has 8 nitrogen and oxygen atoms in total. The molecule has 0 bridgehead atoms. The van der Waals surface area contributed by atoms with Gasteiger partial charge in [-0.2, -0.15) is 9.29 Å². The Morgan fingerprint density at radius 1 is 1.16 bits per heavy atom. The molecule has 0 aromatic carbocycles. The number of nitrogen functional groups attached to an aromatic ring is 1. The van der Waals surface area contributed by atoms with Gasteiger partial charge in [-0.3, -0.25) is 4.98 Å². The molecule has 0 radical (unpaired) electrons. The molecule has 0 aliphatic rings. The minimum Gasteiger partial charge on any atom is -0.366 e. The summed E-state index contributed by atoms with van der Waals surface area (Å²) in [5, 5.41) is 4.07. The Morgan fingerprint density at radius 3 is 2.56 bits per heavy atom. The predicted octanol–water partition coefficient (Wildman–Crippen LogP) is 1.79. The first-order chi connectivity index (χ1) is 11.6. The van der Waals surface area contributed by atoms with E-state index in [0.717, 1.165) is 5.56 Å².